The molecule has 0 aliphatic rings. The molecule has 0 aliphatic heterocycles. The van der Waals surface area contributed by atoms with Crippen molar-refractivity contribution in [3.8, 4) is 0 Å². The fourth-order valence-electron chi connectivity index (χ4n) is 0.668. The van der Waals surface area contributed by atoms with Gasteiger partial charge in [0, 0.05) is 7.11 Å². The number of halogens is 1. The van der Waals surface area contributed by atoms with Crippen LogP contribution >= 0.6 is 0 Å². The lowest BCUT2D eigenvalue weighted by atomic mass is 10.2. The summed E-state index contributed by atoms with van der Waals surface area (Å²) in [5.41, 5.74) is 6.56. The Bertz CT molecular complexity index is 225. The highest BCUT2D eigenvalue weighted by atomic mass is 19.1. The summed E-state index contributed by atoms with van der Waals surface area (Å²) in [6.07, 6.45) is 0. The molecule has 0 bridgehead atoms. The van der Waals surface area contributed by atoms with Crippen molar-refractivity contribution in [1.29, 1.82) is 0 Å². The van der Waals surface area contributed by atoms with Gasteiger partial charge in [-0.2, -0.15) is 0 Å². The van der Waals surface area contributed by atoms with Gasteiger partial charge in [-0.25, -0.2) is 4.39 Å². The zero-order valence-corrected chi connectivity index (χ0v) is 5.19. The van der Waals surface area contributed by atoms with E-state index in [0.29, 0.717) is 11.3 Å². The summed E-state index contributed by atoms with van der Waals surface area (Å²) in [5, 5.41) is 0. The highest BCUT2D eigenvalue weighted by Crippen LogP contribution is 2.09. The van der Waals surface area contributed by atoms with Crippen LogP contribution in [-0.2, 0) is 0 Å². The second-order valence-electron chi connectivity index (χ2n) is 2.01. The van der Waals surface area contributed by atoms with Gasteiger partial charge in [0.2, 0.25) is 0 Å². The lowest BCUT2D eigenvalue weighted by Gasteiger charge is -1.95. The first-order valence-corrected chi connectivity index (χ1v) is 2.72. The molecule has 0 spiro atoms. The van der Waals surface area contributed by atoms with E-state index in [0.717, 1.165) is 0 Å². The van der Waals surface area contributed by atoms with Crippen molar-refractivity contribution in [1.82, 2.24) is 0 Å². The minimum atomic E-state index is -0.204. The summed E-state index contributed by atoms with van der Waals surface area (Å²) in [7, 11) is 0. The number of anilines is 1. The van der Waals surface area contributed by atoms with Crippen molar-refractivity contribution in [3.63, 3.8) is 0 Å². The normalized spacial score (nSPS) is 9.56. The van der Waals surface area contributed by atoms with Gasteiger partial charge in [0.1, 0.15) is 5.82 Å². The second kappa shape index (κ2) is 2.05. The number of hydrogen-bond donors (Lipinski definition) is 1. The number of aryl methyl sites for hydroxylation is 1. The maximum atomic E-state index is 12.4. The Morgan fingerprint density at radius 2 is 2.22 bits per heavy atom. The maximum Gasteiger partial charge on any atom is 0.126 e. The van der Waals surface area contributed by atoms with Crippen LogP contribution in [0.5, 0.6) is 0 Å². The van der Waals surface area contributed by atoms with Crippen LogP contribution < -0.4 is 5.73 Å². The Morgan fingerprint density at radius 1 is 1.56 bits per heavy atom. The summed E-state index contributed by atoms with van der Waals surface area (Å²) >= 11 is 0. The second-order valence-corrected chi connectivity index (χ2v) is 2.01. The minimum Gasteiger partial charge on any atom is -0.399 e. The van der Waals surface area contributed by atoms with Crippen molar-refractivity contribution in [2.75, 3.05) is 5.73 Å². The average Bonchev–Trinajstić information content (AvgIpc) is 1.80. The minimum absolute atomic E-state index is 0. The summed E-state index contributed by atoms with van der Waals surface area (Å²) < 4.78 is 12.4. The molecule has 0 saturated carbocycles. The first-order chi connectivity index (χ1) is 4.20. The van der Waals surface area contributed by atoms with Gasteiger partial charge in [-0.15, -0.1) is 0 Å². The molecule has 9 heavy (non-hydrogen) atoms. The van der Waals surface area contributed by atoms with Gasteiger partial charge >= 0.3 is 0 Å². The summed E-state index contributed by atoms with van der Waals surface area (Å²) in [5.74, 6) is -0.204. The van der Waals surface area contributed by atoms with Gasteiger partial charge in [0.25, 0.3) is 0 Å². The highest BCUT2D eigenvalue weighted by Gasteiger charge is 1.93. The molecular formula is C7H10FN. The van der Waals surface area contributed by atoms with Gasteiger partial charge < -0.3 is 5.73 Å². The molecule has 0 aromatic heterocycles. The third-order valence-corrected chi connectivity index (χ3v) is 1.18. The zero-order chi connectivity index (χ0) is 6.85. The van der Waals surface area contributed by atoms with Gasteiger partial charge in [-0.1, -0.05) is 0 Å². The van der Waals surface area contributed by atoms with E-state index in [4.69, 9.17) is 5.73 Å². The molecule has 2 heteroatoms. The van der Waals surface area contributed by atoms with E-state index in [1.165, 1.54) is 6.07 Å². The number of nitrogens with two attached hydrogens (primary N) is 1. The molecule has 0 saturated heterocycles. The molecule has 1 aromatic carbocycles. The quantitative estimate of drug-likeness (QED) is 0.530. The van der Waals surface area contributed by atoms with E-state index in [9.17, 15) is 4.39 Å². The number of benzene rings is 1. The smallest absolute Gasteiger partial charge is 0.126 e. The number of rotatable bonds is 0. The first-order valence-electron chi connectivity index (χ1n) is 2.72. The van der Waals surface area contributed by atoms with E-state index >= 15 is 0 Å². The van der Waals surface area contributed by atoms with Crippen LogP contribution in [0, 0.1) is 12.7 Å². The monoisotopic (exact) mass is 127 g/mol. The third kappa shape index (κ3) is 1.19. The van der Waals surface area contributed by atoms with E-state index in [2.05, 4.69) is 0 Å². The summed E-state index contributed by atoms with van der Waals surface area (Å²) in [4.78, 5) is 0. The molecule has 2 N–H and O–H groups in total. The van der Waals surface area contributed by atoms with Gasteiger partial charge in [0.15, 0.2) is 0 Å². The van der Waals surface area contributed by atoms with Crippen LogP contribution in [0.4, 0.5) is 10.1 Å². The predicted octanol–water partition coefficient (Wildman–Crippen LogP) is 1.96. The average molecular weight is 127 g/mol. The van der Waals surface area contributed by atoms with E-state index < -0.39 is 0 Å². The molecule has 0 aliphatic carbocycles. The standard InChI is InChI=1S/C7H8FN.H2/c1-5-4-6(9)2-3-7(5)8;/h2-4H,9H2,1H3;1H. The predicted molar refractivity (Wildman–Crippen MR) is 37.7 cm³/mol. The number of nitrogen functional groups attached to an aromatic ring is 1. The third-order valence-electron chi connectivity index (χ3n) is 1.18. The van der Waals surface area contributed by atoms with Crippen molar-refractivity contribution >= 4 is 5.69 Å². The zero-order valence-electron chi connectivity index (χ0n) is 5.19. The van der Waals surface area contributed by atoms with Crippen LogP contribution in [0.25, 0.3) is 0 Å². The SMILES string of the molecule is Cc1cc(N)ccc1F.[HH]. The summed E-state index contributed by atoms with van der Waals surface area (Å²) in [6.45, 7) is 1.69. The Hall–Kier alpha value is -1.05. The van der Waals surface area contributed by atoms with E-state index in [1.54, 1.807) is 19.1 Å². The van der Waals surface area contributed by atoms with Gasteiger partial charge in [0.05, 0.1) is 0 Å². The van der Waals surface area contributed by atoms with E-state index in [1.807, 2.05) is 0 Å². The largest absolute Gasteiger partial charge is 0.399 e. The van der Waals surface area contributed by atoms with Crippen molar-refractivity contribution in [3.05, 3.63) is 29.6 Å². The molecule has 1 nitrogen and oxygen atoms in total. The number of hydrogen-bond acceptors (Lipinski definition) is 1. The molecule has 0 amide bonds. The molecule has 1 rings (SSSR count). The van der Waals surface area contributed by atoms with Crippen molar-refractivity contribution < 1.29 is 5.82 Å². The molecule has 1 aromatic rings. The lowest BCUT2D eigenvalue weighted by molar-refractivity contribution is 0.619. The fraction of sp³-hybridized carbons (Fsp3) is 0.143. The summed E-state index contributed by atoms with van der Waals surface area (Å²) in [6, 6.07) is 4.52. The fourth-order valence-corrected chi connectivity index (χ4v) is 0.668. The van der Waals surface area contributed by atoms with Crippen molar-refractivity contribution in [2.45, 2.75) is 6.92 Å². The molecule has 50 valence electrons. The first kappa shape index (κ1) is 6.08. The van der Waals surface area contributed by atoms with E-state index in [-0.39, 0.29) is 7.24 Å². The van der Waals surface area contributed by atoms with Crippen LogP contribution in [0.3, 0.4) is 0 Å². The lowest BCUT2D eigenvalue weighted by Crippen LogP contribution is -1.87. The topological polar surface area (TPSA) is 26.0 Å². The van der Waals surface area contributed by atoms with Crippen LogP contribution in [0.1, 0.15) is 6.99 Å². The molecule has 0 radical (unpaired) electrons. The Labute approximate surface area is 54.8 Å². The van der Waals surface area contributed by atoms with Gasteiger partial charge in [-0.3, -0.25) is 0 Å². The van der Waals surface area contributed by atoms with Crippen molar-refractivity contribution in [2.24, 2.45) is 0 Å². The molecule has 0 atom stereocenters. The van der Waals surface area contributed by atoms with Crippen LogP contribution in [0.2, 0.25) is 0 Å². The highest BCUT2D eigenvalue weighted by molar-refractivity contribution is 5.40. The molecule has 0 fully saturated rings. The maximum absolute atomic E-state index is 12.4. The van der Waals surface area contributed by atoms with Gasteiger partial charge in [-0.05, 0) is 30.7 Å². The van der Waals surface area contributed by atoms with Crippen LogP contribution in [0.15, 0.2) is 18.2 Å². The Morgan fingerprint density at radius 3 is 2.67 bits per heavy atom. The Kier molecular flexibility index (Phi) is 1.39. The Balaban J connectivity index is 0.000000810. The van der Waals surface area contributed by atoms with Crippen LogP contribution in [-0.4, -0.2) is 0 Å². The molecule has 0 unspecified atom stereocenters. The molecule has 0 heterocycles. The molecular weight excluding hydrogens is 117 g/mol.